The average molecular weight is 294 g/mol. The third-order valence-corrected chi connectivity index (χ3v) is 4.11. The lowest BCUT2D eigenvalue weighted by Crippen LogP contribution is -2.39. The maximum Gasteiger partial charge on any atom is 0.222 e. The number of rotatable bonds is 6. The van der Waals surface area contributed by atoms with Crippen molar-refractivity contribution in [3.63, 3.8) is 0 Å². The van der Waals surface area contributed by atoms with Crippen LogP contribution >= 0.6 is 0 Å². The topological polar surface area (TPSA) is 80.0 Å². The smallest absolute Gasteiger partial charge is 0.222 e. The molecular weight excluding hydrogens is 268 g/mol. The van der Waals surface area contributed by atoms with Gasteiger partial charge >= 0.3 is 0 Å². The molecule has 0 atom stereocenters. The molecule has 2 N–H and O–H groups in total. The second kappa shape index (κ2) is 7.02. The Morgan fingerprint density at radius 3 is 2.81 bits per heavy atom. The van der Waals surface area contributed by atoms with Crippen molar-refractivity contribution in [3.05, 3.63) is 12.2 Å². The summed E-state index contributed by atoms with van der Waals surface area (Å²) in [6, 6.07) is 0. The molecule has 1 fully saturated rings. The summed E-state index contributed by atoms with van der Waals surface area (Å²) in [6.45, 7) is 5.33. The summed E-state index contributed by atoms with van der Waals surface area (Å²) in [5, 5.41) is 21.2. The van der Waals surface area contributed by atoms with E-state index >= 15 is 0 Å². The van der Waals surface area contributed by atoms with E-state index in [0.717, 1.165) is 37.9 Å². The first-order valence-electron chi connectivity index (χ1n) is 7.87. The highest BCUT2D eigenvalue weighted by molar-refractivity contribution is 5.76. The molecule has 6 heteroatoms. The molecule has 1 heterocycles. The summed E-state index contributed by atoms with van der Waals surface area (Å²) < 4.78 is 1.96. The molecule has 118 valence electrons. The molecular formula is C15H26N4O2. The Balaban J connectivity index is 1.75. The molecule has 6 nitrogen and oxygen atoms in total. The largest absolute Gasteiger partial charge is 0.389 e. The summed E-state index contributed by atoms with van der Waals surface area (Å²) in [7, 11) is 0. The van der Waals surface area contributed by atoms with Gasteiger partial charge in [-0.15, -0.1) is 10.2 Å². The summed E-state index contributed by atoms with van der Waals surface area (Å²) >= 11 is 0. The molecule has 1 amide bonds. The van der Waals surface area contributed by atoms with Crippen LogP contribution in [0.1, 0.15) is 64.1 Å². The fraction of sp³-hybridized carbons (Fsp3) is 0.800. The molecule has 0 spiro atoms. The van der Waals surface area contributed by atoms with E-state index in [1.807, 2.05) is 4.57 Å². The molecule has 1 saturated carbocycles. The minimum Gasteiger partial charge on any atom is -0.389 e. The number of nitrogens with one attached hydrogen (secondary N) is 1. The lowest BCUT2D eigenvalue weighted by atomic mass is 9.82. The molecule has 2 rings (SSSR count). The number of hydrogen-bond acceptors (Lipinski definition) is 4. The van der Waals surface area contributed by atoms with Crippen molar-refractivity contribution in [2.75, 3.05) is 6.54 Å². The molecule has 0 aromatic carbocycles. The van der Waals surface area contributed by atoms with Gasteiger partial charge in [-0.1, -0.05) is 33.1 Å². The maximum atomic E-state index is 12.0. The third-order valence-electron chi connectivity index (χ3n) is 4.11. The summed E-state index contributed by atoms with van der Waals surface area (Å²) in [5.41, 5.74) is -0.790. The monoisotopic (exact) mass is 294 g/mol. The van der Waals surface area contributed by atoms with Gasteiger partial charge in [-0.05, 0) is 12.8 Å². The van der Waals surface area contributed by atoms with Crippen LogP contribution < -0.4 is 5.32 Å². The molecule has 0 saturated heterocycles. The van der Waals surface area contributed by atoms with Crippen molar-refractivity contribution in [1.82, 2.24) is 20.1 Å². The van der Waals surface area contributed by atoms with E-state index in [1.165, 1.54) is 0 Å². The van der Waals surface area contributed by atoms with Gasteiger partial charge in [0, 0.05) is 19.0 Å². The predicted octanol–water partition coefficient (Wildman–Crippen LogP) is 1.60. The van der Waals surface area contributed by atoms with Gasteiger partial charge < -0.3 is 15.0 Å². The zero-order valence-electron chi connectivity index (χ0n) is 13.0. The number of amides is 1. The second-order valence-corrected chi connectivity index (χ2v) is 6.35. The zero-order chi connectivity index (χ0) is 15.3. The van der Waals surface area contributed by atoms with Gasteiger partial charge in [0.05, 0.1) is 12.0 Å². The van der Waals surface area contributed by atoms with Crippen molar-refractivity contribution in [2.45, 2.75) is 70.4 Å². The van der Waals surface area contributed by atoms with Crippen LogP contribution in [0.25, 0.3) is 0 Å². The lowest BCUT2D eigenvalue weighted by molar-refractivity contribution is -0.127. The first kappa shape index (κ1) is 15.9. The quantitative estimate of drug-likeness (QED) is 0.835. The number of carbonyl (C=O) groups is 1. The molecule has 1 aliphatic carbocycles. The van der Waals surface area contributed by atoms with E-state index in [4.69, 9.17) is 0 Å². The standard InChI is InChI=1S/C15H26N4O2/c1-12(2)14-18-17-11-19(14)9-8-16-13(20)10-15(21)6-4-3-5-7-15/h11-12,21H,3-10H2,1-2H3,(H,16,20). The van der Waals surface area contributed by atoms with Gasteiger partial charge in [0.15, 0.2) is 0 Å². The molecule has 1 aromatic rings. The number of aliphatic hydroxyl groups is 1. The van der Waals surface area contributed by atoms with Gasteiger partial charge in [-0.2, -0.15) is 0 Å². The van der Waals surface area contributed by atoms with Crippen LogP contribution in [0, 0.1) is 0 Å². The van der Waals surface area contributed by atoms with Crippen molar-refractivity contribution in [3.8, 4) is 0 Å². The highest BCUT2D eigenvalue weighted by Crippen LogP contribution is 2.30. The average Bonchev–Trinajstić information content (AvgIpc) is 2.87. The highest BCUT2D eigenvalue weighted by Gasteiger charge is 2.31. The number of aromatic nitrogens is 3. The first-order valence-corrected chi connectivity index (χ1v) is 7.87. The minimum absolute atomic E-state index is 0.0708. The Kier molecular flexibility index (Phi) is 5.33. The predicted molar refractivity (Wildman–Crippen MR) is 79.8 cm³/mol. The maximum absolute atomic E-state index is 12.0. The van der Waals surface area contributed by atoms with Gasteiger partial charge in [0.25, 0.3) is 0 Å². The van der Waals surface area contributed by atoms with Crippen molar-refractivity contribution >= 4 is 5.91 Å². The number of nitrogens with zero attached hydrogens (tertiary/aromatic N) is 3. The fourth-order valence-corrected chi connectivity index (χ4v) is 2.95. The van der Waals surface area contributed by atoms with Crippen LogP contribution in [0.15, 0.2) is 6.33 Å². The lowest BCUT2D eigenvalue weighted by Gasteiger charge is -2.31. The van der Waals surface area contributed by atoms with Crippen LogP contribution in [0.3, 0.4) is 0 Å². The van der Waals surface area contributed by atoms with Gasteiger partial charge in [-0.3, -0.25) is 4.79 Å². The Morgan fingerprint density at radius 2 is 2.14 bits per heavy atom. The Labute approximate surface area is 126 Å². The Hall–Kier alpha value is -1.43. The van der Waals surface area contributed by atoms with Gasteiger partial charge in [0.1, 0.15) is 12.2 Å². The third kappa shape index (κ3) is 4.52. The zero-order valence-corrected chi connectivity index (χ0v) is 13.0. The Bertz CT molecular complexity index is 464. The normalized spacial score (nSPS) is 17.9. The second-order valence-electron chi connectivity index (χ2n) is 6.35. The molecule has 21 heavy (non-hydrogen) atoms. The molecule has 0 bridgehead atoms. The molecule has 0 aliphatic heterocycles. The molecule has 1 aromatic heterocycles. The summed E-state index contributed by atoms with van der Waals surface area (Å²) in [5.74, 6) is 1.17. The van der Waals surface area contributed by atoms with E-state index < -0.39 is 5.60 Å². The molecule has 0 unspecified atom stereocenters. The SMILES string of the molecule is CC(C)c1nncn1CCNC(=O)CC1(O)CCCCC1. The van der Waals surface area contributed by atoms with E-state index in [9.17, 15) is 9.90 Å². The van der Waals surface area contributed by atoms with E-state index in [2.05, 4.69) is 29.4 Å². The van der Waals surface area contributed by atoms with Crippen molar-refractivity contribution in [1.29, 1.82) is 0 Å². The molecule has 0 radical (unpaired) electrons. The van der Waals surface area contributed by atoms with Crippen molar-refractivity contribution < 1.29 is 9.90 Å². The van der Waals surface area contributed by atoms with Crippen LogP contribution in [0.2, 0.25) is 0 Å². The molecule has 1 aliphatic rings. The van der Waals surface area contributed by atoms with Crippen LogP contribution in [0.5, 0.6) is 0 Å². The van der Waals surface area contributed by atoms with Gasteiger partial charge in [0.2, 0.25) is 5.91 Å². The van der Waals surface area contributed by atoms with Gasteiger partial charge in [-0.25, -0.2) is 0 Å². The van der Waals surface area contributed by atoms with Crippen LogP contribution in [0.4, 0.5) is 0 Å². The first-order chi connectivity index (χ1) is 10.0. The van der Waals surface area contributed by atoms with E-state index in [0.29, 0.717) is 19.0 Å². The highest BCUT2D eigenvalue weighted by atomic mass is 16.3. The summed E-state index contributed by atoms with van der Waals surface area (Å²) in [6.07, 6.45) is 6.58. The fourth-order valence-electron chi connectivity index (χ4n) is 2.95. The number of hydrogen-bond donors (Lipinski definition) is 2. The van der Waals surface area contributed by atoms with E-state index in [1.54, 1.807) is 6.33 Å². The van der Waals surface area contributed by atoms with Crippen molar-refractivity contribution in [2.24, 2.45) is 0 Å². The van der Waals surface area contributed by atoms with Crippen LogP contribution in [-0.4, -0.2) is 37.9 Å². The van der Waals surface area contributed by atoms with Crippen LogP contribution in [-0.2, 0) is 11.3 Å². The summed E-state index contributed by atoms with van der Waals surface area (Å²) in [4.78, 5) is 12.0. The number of carbonyl (C=O) groups excluding carboxylic acids is 1. The van der Waals surface area contributed by atoms with E-state index in [-0.39, 0.29) is 12.3 Å². The Morgan fingerprint density at radius 1 is 1.43 bits per heavy atom. The minimum atomic E-state index is -0.790.